The number of aliphatic hydroxyl groups is 1. The van der Waals surface area contributed by atoms with Crippen molar-refractivity contribution in [3.8, 4) is 0 Å². The van der Waals surface area contributed by atoms with Crippen molar-refractivity contribution in [2.24, 2.45) is 5.41 Å². The van der Waals surface area contributed by atoms with Gasteiger partial charge in [-0.25, -0.2) is 9.18 Å². The summed E-state index contributed by atoms with van der Waals surface area (Å²) >= 11 is 0. The van der Waals surface area contributed by atoms with Gasteiger partial charge >= 0.3 is 6.03 Å². The first-order valence-corrected chi connectivity index (χ1v) is 9.65. The Labute approximate surface area is 161 Å². The number of piperidine rings is 1. The minimum Gasteiger partial charge on any atom is -0.389 e. The summed E-state index contributed by atoms with van der Waals surface area (Å²) in [7, 11) is 1.66. The minimum atomic E-state index is -0.974. The van der Waals surface area contributed by atoms with Gasteiger partial charge in [0, 0.05) is 39.3 Å². The number of nitrogens with zero attached hydrogens (tertiary/aromatic N) is 1. The van der Waals surface area contributed by atoms with Crippen LogP contribution in [-0.4, -0.2) is 54.5 Å². The van der Waals surface area contributed by atoms with Crippen molar-refractivity contribution in [1.82, 2.24) is 10.2 Å². The largest absolute Gasteiger partial charge is 0.389 e. The van der Waals surface area contributed by atoms with Crippen molar-refractivity contribution in [2.75, 3.05) is 26.8 Å². The third kappa shape index (κ3) is 6.18. The monoisotopic (exact) mass is 380 g/mol. The Kier molecular flexibility index (Phi) is 7.23. The molecule has 6 heteroatoms. The molecular weight excluding hydrogens is 347 g/mol. The first-order chi connectivity index (χ1) is 12.6. The summed E-state index contributed by atoms with van der Waals surface area (Å²) in [6.07, 6.45) is 1.89. The van der Waals surface area contributed by atoms with Crippen molar-refractivity contribution < 1.29 is 19.0 Å². The van der Waals surface area contributed by atoms with Gasteiger partial charge < -0.3 is 20.1 Å². The van der Waals surface area contributed by atoms with Gasteiger partial charge in [-0.1, -0.05) is 39.0 Å². The SMILES string of the molecule is COCCC(NC(=O)N1CCC(O)(Cc2ccccc2F)CC1)C(C)(C)C. The third-order valence-corrected chi connectivity index (χ3v) is 5.41. The van der Waals surface area contributed by atoms with E-state index in [1.165, 1.54) is 6.07 Å². The number of ether oxygens (including phenoxy) is 1. The molecule has 1 aliphatic heterocycles. The summed E-state index contributed by atoms with van der Waals surface area (Å²) in [5, 5.41) is 13.9. The quantitative estimate of drug-likeness (QED) is 0.796. The van der Waals surface area contributed by atoms with Crippen LogP contribution >= 0.6 is 0 Å². The van der Waals surface area contributed by atoms with Crippen LogP contribution in [0.3, 0.4) is 0 Å². The average Bonchev–Trinajstić information content (AvgIpc) is 2.60. The molecule has 0 saturated carbocycles. The third-order valence-electron chi connectivity index (χ3n) is 5.41. The van der Waals surface area contributed by atoms with E-state index < -0.39 is 5.60 Å². The number of rotatable bonds is 6. The molecule has 0 aliphatic carbocycles. The molecule has 0 bridgehead atoms. The average molecular weight is 381 g/mol. The fourth-order valence-corrected chi connectivity index (χ4v) is 3.50. The molecule has 1 atom stereocenters. The summed E-state index contributed by atoms with van der Waals surface area (Å²) in [4.78, 5) is 14.4. The number of likely N-dealkylation sites (tertiary alicyclic amines) is 1. The van der Waals surface area contributed by atoms with Crippen molar-refractivity contribution in [3.05, 3.63) is 35.6 Å². The van der Waals surface area contributed by atoms with Gasteiger partial charge in [0.1, 0.15) is 5.82 Å². The number of carbonyl (C=O) groups excluding carboxylic acids is 1. The van der Waals surface area contributed by atoms with Crippen LogP contribution in [-0.2, 0) is 11.2 Å². The molecule has 1 unspecified atom stereocenters. The maximum atomic E-state index is 13.9. The maximum absolute atomic E-state index is 13.9. The van der Waals surface area contributed by atoms with Gasteiger partial charge in [-0.2, -0.15) is 0 Å². The van der Waals surface area contributed by atoms with Gasteiger partial charge in [-0.3, -0.25) is 0 Å². The van der Waals surface area contributed by atoms with Crippen LogP contribution in [0.15, 0.2) is 24.3 Å². The summed E-state index contributed by atoms with van der Waals surface area (Å²) in [6, 6.07) is 6.43. The van der Waals surface area contributed by atoms with Crippen LogP contribution in [0.25, 0.3) is 0 Å². The van der Waals surface area contributed by atoms with E-state index in [0.29, 0.717) is 38.1 Å². The molecule has 2 rings (SSSR count). The number of halogens is 1. The van der Waals surface area contributed by atoms with Gasteiger partial charge in [0.15, 0.2) is 0 Å². The number of hydrogen-bond acceptors (Lipinski definition) is 3. The normalized spacial score (nSPS) is 18.2. The van der Waals surface area contributed by atoms with E-state index >= 15 is 0 Å². The van der Waals surface area contributed by atoms with E-state index in [1.54, 1.807) is 30.2 Å². The predicted molar refractivity (Wildman–Crippen MR) is 104 cm³/mol. The van der Waals surface area contributed by atoms with E-state index in [4.69, 9.17) is 4.74 Å². The zero-order chi connectivity index (χ0) is 20.1. The molecule has 1 aromatic rings. The summed E-state index contributed by atoms with van der Waals surface area (Å²) in [5.74, 6) is -0.294. The molecule has 1 fully saturated rings. The molecule has 5 nitrogen and oxygen atoms in total. The lowest BCUT2D eigenvalue weighted by Crippen LogP contribution is -2.54. The molecule has 2 amide bonds. The van der Waals surface area contributed by atoms with Crippen LogP contribution in [0.4, 0.5) is 9.18 Å². The highest BCUT2D eigenvalue weighted by Gasteiger charge is 2.36. The lowest BCUT2D eigenvalue weighted by atomic mass is 9.84. The number of amides is 2. The first kappa shape index (κ1) is 21.6. The number of benzene rings is 1. The van der Waals surface area contributed by atoms with E-state index in [9.17, 15) is 14.3 Å². The van der Waals surface area contributed by atoms with Crippen LogP contribution in [0.2, 0.25) is 0 Å². The Morgan fingerprint density at radius 3 is 2.52 bits per heavy atom. The number of nitrogens with one attached hydrogen (secondary N) is 1. The van der Waals surface area contributed by atoms with Crippen LogP contribution in [0, 0.1) is 11.2 Å². The molecular formula is C21H33FN2O3. The molecule has 1 saturated heterocycles. The van der Waals surface area contributed by atoms with E-state index in [2.05, 4.69) is 26.1 Å². The van der Waals surface area contributed by atoms with Gasteiger partial charge in [0.05, 0.1) is 5.60 Å². The molecule has 1 aliphatic rings. The van der Waals surface area contributed by atoms with Crippen LogP contribution in [0.1, 0.15) is 45.6 Å². The van der Waals surface area contributed by atoms with E-state index in [0.717, 1.165) is 6.42 Å². The molecule has 0 radical (unpaired) electrons. The smallest absolute Gasteiger partial charge is 0.317 e. The van der Waals surface area contributed by atoms with Gasteiger partial charge in [-0.15, -0.1) is 0 Å². The predicted octanol–water partition coefficient (Wildman–Crippen LogP) is 3.36. The second-order valence-corrected chi connectivity index (χ2v) is 8.63. The molecule has 152 valence electrons. The standard InChI is InChI=1S/C21H33FN2O3/c1-20(2,3)18(9-14-27-4)23-19(25)24-12-10-21(26,11-13-24)15-16-7-5-6-8-17(16)22/h5-8,18,26H,9-15H2,1-4H3,(H,23,25). The first-order valence-electron chi connectivity index (χ1n) is 9.65. The number of urea groups is 1. The molecule has 1 heterocycles. The van der Waals surface area contributed by atoms with Gasteiger partial charge in [-0.05, 0) is 36.3 Å². The number of carbonyl (C=O) groups is 1. The van der Waals surface area contributed by atoms with Crippen molar-refractivity contribution in [3.63, 3.8) is 0 Å². The lowest BCUT2D eigenvalue weighted by Gasteiger charge is -2.40. The fourth-order valence-electron chi connectivity index (χ4n) is 3.50. The molecule has 0 aromatic heterocycles. The van der Waals surface area contributed by atoms with Gasteiger partial charge in [0.25, 0.3) is 0 Å². The summed E-state index contributed by atoms with van der Waals surface area (Å²) in [5.41, 5.74) is -0.529. The molecule has 2 N–H and O–H groups in total. The zero-order valence-corrected chi connectivity index (χ0v) is 16.9. The highest BCUT2D eigenvalue weighted by molar-refractivity contribution is 5.74. The lowest BCUT2D eigenvalue weighted by molar-refractivity contribution is -0.0128. The molecule has 27 heavy (non-hydrogen) atoms. The summed E-state index contributed by atoms with van der Waals surface area (Å²) in [6.45, 7) is 7.78. The maximum Gasteiger partial charge on any atom is 0.317 e. The minimum absolute atomic E-state index is 0.00387. The van der Waals surface area contributed by atoms with Gasteiger partial charge in [0.2, 0.25) is 0 Å². The van der Waals surface area contributed by atoms with Crippen LogP contribution < -0.4 is 5.32 Å². The molecule has 1 aromatic carbocycles. The highest BCUT2D eigenvalue weighted by Crippen LogP contribution is 2.28. The van der Waals surface area contributed by atoms with Crippen molar-refractivity contribution in [1.29, 1.82) is 0 Å². The van der Waals surface area contributed by atoms with Crippen molar-refractivity contribution >= 4 is 6.03 Å². The number of methoxy groups -OCH3 is 1. The van der Waals surface area contributed by atoms with E-state index in [1.807, 2.05) is 0 Å². The fraction of sp³-hybridized carbons (Fsp3) is 0.667. The number of hydrogen-bond donors (Lipinski definition) is 2. The second-order valence-electron chi connectivity index (χ2n) is 8.63. The summed E-state index contributed by atoms with van der Waals surface area (Å²) < 4.78 is 19.0. The second kappa shape index (κ2) is 9.02. The Bertz CT molecular complexity index is 622. The Morgan fingerprint density at radius 2 is 1.96 bits per heavy atom. The Morgan fingerprint density at radius 1 is 1.33 bits per heavy atom. The zero-order valence-electron chi connectivity index (χ0n) is 16.9. The van der Waals surface area contributed by atoms with Crippen molar-refractivity contribution in [2.45, 2.75) is 58.1 Å². The molecule has 0 spiro atoms. The Hall–Kier alpha value is -1.66. The topological polar surface area (TPSA) is 61.8 Å². The highest BCUT2D eigenvalue weighted by atomic mass is 19.1. The van der Waals surface area contributed by atoms with E-state index in [-0.39, 0.29) is 29.7 Å². The van der Waals surface area contributed by atoms with Crippen LogP contribution in [0.5, 0.6) is 0 Å². The Balaban J connectivity index is 1.91.